The Labute approximate surface area is 179 Å². The molecule has 2 aromatic rings. The average molecular weight is 518 g/mol. The summed E-state index contributed by atoms with van der Waals surface area (Å²) in [5.74, 6) is 0.0731. The SMILES string of the molecule is C=CCOc1c(I)cc(/C=N/NC(=O)c2ccccc2C(F)(F)F)cc1OCC. The van der Waals surface area contributed by atoms with Crippen molar-refractivity contribution in [3.05, 3.63) is 69.3 Å². The number of ether oxygens (including phenoxy) is 2. The van der Waals surface area contributed by atoms with Crippen molar-refractivity contribution < 1.29 is 27.4 Å². The van der Waals surface area contributed by atoms with Gasteiger partial charge in [0.25, 0.3) is 5.91 Å². The molecule has 0 aliphatic heterocycles. The van der Waals surface area contributed by atoms with Gasteiger partial charge >= 0.3 is 6.18 Å². The fourth-order valence-electron chi connectivity index (χ4n) is 2.36. The zero-order valence-corrected chi connectivity index (χ0v) is 17.6. The Morgan fingerprint density at radius 1 is 1.28 bits per heavy atom. The van der Waals surface area contributed by atoms with Crippen LogP contribution >= 0.6 is 22.6 Å². The second-order valence-electron chi connectivity index (χ2n) is 5.61. The molecule has 0 heterocycles. The third kappa shape index (κ3) is 6.21. The Bertz CT molecular complexity index is 914. The van der Waals surface area contributed by atoms with E-state index in [1.165, 1.54) is 18.3 Å². The number of carbonyl (C=O) groups excluding carboxylic acids is 1. The Kier molecular flexibility index (Phi) is 8.06. The molecule has 29 heavy (non-hydrogen) atoms. The van der Waals surface area contributed by atoms with Gasteiger partial charge in [-0.2, -0.15) is 18.3 Å². The maximum atomic E-state index is 13.0. The molecule has 0 saturated heterocycles. The van der Waals surface area contributed by atoms with Gasteiger partial charge in [-0.25, -0.2) is 5.43 Å². The van der Waals surface area contributed by atoms with E-state index in [4.69, 9.17) is 9.47 Å². The molecule has 154 valence electrons. The molecule has 0 bridgehead atoms. The smallest absolute Gasteiger partial charge is 0.417 e. The lowest BCUT2D eigenvalue weighted by Crippen LogP contribution is -2.22. The number of nitrogens with zero attached hydrogens (tertiary/aromatic N) is 1. The van der Waals surface area contributed by atoms with Crippen LogP contribution in [0.5, 0.6) is 11.5 Å². The van der Waals surface area contributed by atoms with Gasteiger partial charge in [-0.3, -0.25) is 4.79 Å². The highest BCUT2D eigenvalue weighted by molar-refractivity contribution is 14.1. The molecule has 9 heteroatoms. The van der Waals surface area contributed by atoms with Crippen molar-refractivity contribution in [2.45, 2.75) is 13.1 Å². The standard InChI is InChI=1S/C20H18F3IN2O3/c1-3-9-29-18-16(24)10-13(11-17(18)28-4-2)12-25-26-19(27)14-7-5-6-8-15(14)20(21,22)23/h3,5-8,10-12H,1,4,9H2,2H3,(H,26,27)/b25-12+. The van der Waals surface area contributed by atoms with E-state index < -0.39 is 23.2 Å². The van der Waals surface area contributed by atoms with E-state index in [9.17, 15) is 18.0 Å². The molecule has 0 aliphatic rings. The van der Waals surface area contributed by atoms with Crippen molar-refractivity contribution >= 4 is 34.7 Å². The van der Waals surface area contributed by atoms with Crippen molar-refractivity contribution in [3.63, 3.8) is 0 Å². The van der Waals surface area contributed by atoms with Crippen molar-refractivity contribution in [1.82, 2.24) is 5.43 Å². The molecule has 1 N–H and O–H groups in total. The predicted molar refractivity (Wildman–Crippen MR) is 113 cm³/mol. The number of nitrogens with one attached hydrogen (secondary N) is 1. The summed E-state index contributed by atoms with van der Waals surface area (Å²) in [4.78, 5) is 12.1. The molecule has 1 amide bonds. The van der Waals surface area contributed by atoms with Gasteiger partial charge in [0.2, 0.25) is 0 Å². The quantitative estimate of drug-likeness (QED) is 0.231. The minimum atomic E-state index is -4.64. The monoisotopic (exact) mass is 518 g/mol. The average Bonchev–Trinajstić information content (AvgIpc) is 2.67. The first-order chi connectivity index (χ1) is 13.8. The van der Waals surface area contributed by atoms with Crippen molar-refractivity contribution in [1.29, 1.82) is 0 Å². The second-order valence-corrected chi connectivity index (χ2v) is 6.77. The molecule has 0 saturated carbocycles. The van der Waals surface area contributed by atoms with Crippen LogP contribution in [0.25, 0.3) is 0 Å². The first-order valence-electron chi connectivity index (χ1n) is 8.47. The van der Waals surface area contributed by atoms with Gasteiger partial charge in [-0.1, -0.05) is 24.8 Å². The molecule has 0 aliphatic carbocycles. The van der Waals surface area contributed by atoms with Crippen LogP contribution in [0.1, 0.15) is 28.4 Å². The zero-order valence-electron chi connectivity index (χ0n) is 15.4. The summed E-state index contributed by atoms with van der Waals surface area (Å²) in [5, 5.41) is 3.77. The van der Waals surface area contributed by atoms with Gasteiger partial charge < -0.3 is 9.47 Å². The summed E-state index contributed by atoms with van der Waals surface area (Å²) in [7, 11) is 0. The summed E-state index contributed by atoms with van der Waals surface area (Å²) < 4.78 is 51.0. The van der Waals surface area contributed by atoms with Crippen LogP contribution in [0.2, 0.25) is 0 Å². The highest BCUT2D eigenvalue weighted by Crippen LogP contribution is 2.34. The van der Waals surface area contributed by atoms with Crippen molar-refractivity contribution in [2.24, 2.45) is 5.10 Å². The maximum Gasteiger partial charge on any atom is 0.417 e. The Hall–Kier alpha value is -2.56. The van der Waals surface area contributed by atoms with Crippen LogP contribution in [0.3, 0.4) is 0 Å². The number of halogens is 4. The third-order valence-corrected chi connectivity index (χ3v) is 4.34. The Morgan fingerprint density at radius 2 is 2.00 bits per heavy atom. The van der Waals surface area contributed by atoms with E-state index in [0.29, 0.717) is 30.3 Å². The van der Waals surface area contributed by atoms with E-state index in [-0.39, 0.29) is 0 Å². The number of rotatable bonds is 8. The number of benzene rings is 2. The summed E-state index contributed by atoms with van der Waals surface area (Å²) >= 11 is 2.07. The van der Waals surface area contributed by atoms with Crippen LogP contribution in [0.4, 0.5) is 13.2 Å². The van der Waals surface area contributed by atoms with Gasteiger partial charge in [0.1, 0.15) is 6.61 Å². The molecular weight excluding hydrogens is 500 g/mol. The summed E-state index contributed by atoms with van der Waals surface area (Å²) in [5.41, 5.74) is 1.17. The molecule has 0 aromatic heterocycles. The summed E-state index contributed by atoms with van der Waals surface area (Å²) in [6.07, 6.45) is -1.72. The van der Waals surface area contributed by atoms with Crippen LogP contribution in [-0.2, 0) is 6.18 Å². The maximum absolute atomic E-state index is 13.0. The molecular formula is C20H18F3IN2O3. The topological polar surface area (TPSA) is 59.9 Å². The van der Waals surface area contributed by atoms with Gasteiger partial charge in [-0.05, 0) is 59.3 Å². The van der Waals surface area contributed by atoms with Crippen LogP contribution in [0.15, 0.2) is 54.2 Å². The van der Waals surface area contributed by atoms with E-state index in [1.54, 1.807) is 18.2 Å². The molecule has 0 atom stereocenters. The van der Waals surface area contributed by atoms with E-state index in [0.717, 1.165) is 15.7 Å². The number of hydrogen-bond donors (Lipinski definition) is 1. The summed E-state index contributed by atoms with van der Waals surface area (Å²) in [6, 6.07) is 7.90. The molecule has 0 unspecified atom stereocenters. The van der Waals surface area contributed by atoms with E-state index in [2.05, 4.69) is 39.7 Å². The van der Waals surface area contributed by atoms with E-state index in [1.807, 2.05) is 6.92 Å². The van der Waals surface area contributed by atoms with E-state index >= 15 is 0 Å². The lowest BCUT2D eigenvalue weighted by molar-refractivity contribution is -0.137. The lowest BCUT2D eigenvalue weighted by Gasteiger charge is -2.13. The van der Waals surface area contributed by atoms with Crippen LogP contribution < -0.4 is 14.9 Å². The lowest BCUT2D eigenvalue weighted by atomic mass is 10.1. The highest BCUT2D eigenvalue weighted by atomic mass is 127. The van der Waals surface area contributed by atoms with Gasteiger partial charge in [-0.15, -0.1) is 0 Å². The number of alkyl halides is 3. The fourth-order valence-corrected chi connectivity index (χ4v) is 3.14. The third-order valence-electron chi connectivity index (χ3n) is 3.53. The Balaban J connectivity index is 2.20. The van der Waals surface area contributed by atoms with Crippen molar-refractivity contribution in [3.8, 4) is 11.5 Å². The molecule has 0 spiro atoms. The summed E-state index contributed by atoms with van der Waals surface area (Å²) in [6.45, 7) is 6.14. The number of amides is 1. The highest BCUT2D eigenvalue weighted by Gasteiger charge is 2.34. The normalized spacial score (nSPS) is 11.3. The first kappa shape index (κ1) is 22.7. The minimum absolute atomic E-state index is 0.304. The second kappa shape index (κ2) is 10.3. The number of carbonyl (C=O) groups is 1. The minimum Gasteiger partial charge on any atom is -0.490 e. The number of hydrogen-bond acceptors (Lipinski definition) is 4. The molecule has 2 rings (SSSR count). The first-order valence-corrected chi connectivity index (χ1v) is 9.55. The van der Waals surface area contributed by atoms with Gasteiger partial charge in [0.15, 0.2) is 11.5 Å². The zero-order chi connectivity index (χ0) is 21.4. The predicted octanol–water partition coefficient (Wildman–Crippen LogP) is 5.04. The van der Waals surface area contributed by atoms with Crippen LogP contribution in [0, 0.1) is 3.57 Å². The van der Waals surface area contributed by atoms with Crippen molar-refractivity contribution in [2.75, 3.05) is 13.2 Å². The molecule has 0 radical (unpaired) electrons. The Morgan fingerprint density at radius 3 is 2.66 bits per heavy atom. The molecule has 5 nitrogen and oxygen atoms in total. The number of hydrazone groups is 1. The van der Waals surface area contributed by atoms with Gasteiger partial charge in [0.05, 0.1) is 27.5 Å². The van der Waals surface area contributed by atoms with Gasteiger partial charge in [0, 0.05) is 0 Å². The molecule has 0 fully saturated rings. The largest absolute Gasteiger partial charge is 0.490 e. The molecule has 2 aromatic carbocycles. The van der Waals surface area contributed by atoms with Crippen LogP contribution in [-0.4, -0.2) is 25.3 Å². The fraction of sp³-hybridized carbons (Fsp3) is 0.200.